The van der Waals surface area contributed by atoms with Crippen molar-refractivity contribution in [2.24, 2.45) is 5.92 Å². The fourth-order valence-electron chi connectivity index (χ4n) is 3.58. The topological polar surface area (TPSA) is 101 Å². The summed E-state index contributed by atoms with van der Waals surface area (Å²) < 4.78 is 15.3. The minimum Gasteiger partial charge on any atom is -0.481 e. The third kappa shape index (κ3) is 4.11. The monoisotopic (exact) mass is 387 g/mol. The van der Waals surface area contributed by atoms with E-state index < -0.39 is 35.1 Å². The highest BCUT2D eigenvalue weighted by Gasteiger charge is 2.31. The molecule has 0 saturated heterocycles. The Labute approximate surface area is 161 Å². The van der Waals surface area contributed by atoms with Gasteiger partial charge in [-0.3, -0.25) is 14.4 Å². The van der Waals surface area contributed by atoms with Crippen LogP contribution in [0.1, 0.15) is 48.3 Å². The van der Waals surface area contributed by atoms with Gasteiger partial charge in [0.05, 0.1) is 5.92 Å². The molecule has 148 valence electrons. The molecule has 2 N–H and O–H groups in total. The van der Waals surface area contributed by atoms with Gasteiger partial charge in [0, 0.05) is 17.8 Å². The van der Waals surface area contributed by atoms with Gasteiger partial charge in [-0.2, -0.15) is 5.10 Å². The molecule has 3 rings (SSSR count). The van der Waals surface area contributed by atoms with Crippen LogP contribution in [0.2, 0.25) is 0 Å². The van der Waals surface area contributed by atoms with Crippen molar-refractivity contribution in [1.29, 1.82) is 0 Å². The number of hydrogen-bond donors (Lipinski definition) is 2. The number of nitrogens with zero attached hydrogens (tertiary/aromatic N) is 2. The number of aryl methyl sites for hydroxylation is 1. The van der Waals surface area contributed by atoms with E-state index in [9.17, 15) is 23.9 Å². The average molecular weight is 387 g/mol. The van der Waals surface area contributed by atoms with Crippen LogP contribution < -0.4 is 10.7 Å². The second kappa shape index (κ2) is 8.33. The van der Waals surface area contributed by atoms with Gasteiger partial charge in [-0.25, -0.2) is 9.07 Å². The summed E-state index contributed by atoms with van der Waals surface area (Å²) in [6.45, 7) is 1.59. The second-order valence-electron chi connectivity index (χ2n) is 7.02. The van der Waals surface area contributed by atoms with Gasteiger partial charge in [0.25, 0.3) is 5.91 Å². The van der Waals surface area contributed by atoms with E-state index in [-0.39, 0.29) is 11.4 Å². The maximum Gasteiger partial charge on any atom is 0.308 e. The lowest BCUT2D eigenvalue weighted by molar-refractivity contribution is -0.142. The van der Waals surface area contributed by atoms with Crippen LogP contribution in [0.5, 0.6) is 0 Å². The number of halogens is 1. The lowest BCUT2D eigenvalue weighted by atomic mass is 9.95. The first-order valence-corrected chi connectivity index (χ1v) is 9.28. The van der Waals surface area contributed by atoms with Gasteiger partial charge in [0.1, 0.15) is 11.5 Å². The Morgan fingerprint density at radius 2 is 1.93 bits per heavy atom. The first kappa shape index (κ1) is 19.7. The van der Waals surface area contributed by atoms with Crippen molar-refractivity contribution >= 4 is 11.9 Å². The van der Waals surface area contributed by atoms with Crippen molar-refractivity contribution < 1.29 is 19.1 Å². The zero-order valence-corrected chi connectivity index (χ0v) is 15.5. The Bertz CT molecular complexity index is 957. The van der Waals surface area contributed by atoms with E-state index in [1.807, 2.05) is 0 Å². The summed E-state index contributed by atoms with van der Waals surface area (Å²) in [5, 5.41) is 16.2. The van der Waals surface area contributed by atoms with Crippen LogP contribution in [0, 0.1) is 18.7 Å². The number of hydrogen-bond acceptors (Lipinski definition) is 4. The molecule has 8 heteroatoms. The molecule has 1 aliphatic rings. The van der Waals surface area contributed by atoms with E-state index in [1.165, 1.54) is 28.9 Å². The molecular weight excluding hydrogens is 365 g/mol. The maximum atomic E-state index is 14.1. The van der Waals surface area contributed by atoms with Crippen molar-refractivity contribution in [3.05, 3.63) is 57.8 Å². The number of aliphatic carboxylic acids is 1. The summed E-state index contributed by atoms with van der Waals surface area (Å²) >= 11 is 0. The number of aromatic nitrogens is 2. The molecule has 0 bridgehead atoms. The van der Waals surface area contributed by atoms with E-state index in [1.54, 1.807) is 13.0 Å². The lowest BCUT2D eigenvalue weighted by Gasteiger charge is -2.22. The number of para-hydroxylation sites is 1. The van der Waals surface area contributed by atoms with Crippen molar-refractivity contribution in [2.75, 3.05) is 0 Å². The summed E-state index contributed by atoms with van der Waals surface area (Å²) in [7, 11) is 0. The highest BCUT2D eigenvalue weighted by Crippen LogP contribution is 2.24. The molecule has 1 aromatic heterocycles. The molecule has 1 heterocycles. The highest BCUT2D eigenvalue weighted by atomic mass is 19.1. The first-order chi connectivity index (χ1) is 13.4. The number of benzene rings is 1. The predicted octanol–water partition coefficient (Wildman–Crippen LogP) is 2.44. The summed E-state index contributed by atoms with van der Waals surface area (Å²) in [5.74, 6) is -2.95. The Morgan fingerprint density at radius 3 is 2.64 bits per heavy atom. The molecule has 28 heavy (non-hydrogen) atoms. The molecule has 2 aromatic rings. The van der Waals surface area contributed by atoms with Gasteiger partial charge in [-0.15, -0.1) is 0 Å². The SMILES string of the molecule is Cc1cc(=O)c(C(=O)N[C@H]2CCCCC[C@H]2C(=O)O)nn1-c1ccccc1F. The number of nitrogens with one attached hydrogen (secondary N) is 1. The van der Waals surface area contributed by atoms with E-state index in [0.717, 1.165) is 19.3 Å². The van der Waals surface area contributed by atoms with Gasteiger partial charge in [0.2, 0.25) is 5.43 Å². The Morgan fingerprint density at radius 1 is 1.21 bits per heavy atom. The van der Waals surface area contributed by atoms with Gasteiger partial charge < -0.3 is 10.4 Å². The van der Waals surface area contributed by atoms with Crippen LogP contribution in [0.4, 0.5) is 4.39 Å². The molecule has 7 nitrogen and oxygen atoms in total. The number of amides is 1. The standard InChI is InChI=1S/C20H22FN3O4/c1-12-11-17(25)18(23-24(12)16-10-6-5-8-14(16)21)19(26)22-15-9-4-2-3-7-13(15)20(27)28/h5-6,8,10-11,13,15H,2-4,7,9H2,1H3,(H,22,26)(H,27,28)/t13-,15+/m1/s1. The van der Waals surface area contributed by atoms with Crippen LogP contribution in [-0.4, -0.2) is 32.8 Å². The van der Waals surface area contributed by atoms with E-state index >= 15 is 0 Å². The van der Waals surface area contributed by atoms with Gasteiger partial charge in [-0.05, 0) is 31.9 Å². The molecule has 0 aliphatic heterocycles. The molecule has 1 aromatic carbocycles. The van der Waals surface area contributed by atoms with E-state index in [0.29, 0.717) is 18.5 Å². The van der Waals surface area contributed by atoms with Crippen molar-refractivity contribution in [3.8, 4) is 5.69 Å². The van der Waals surface area contributed by atoms with Crippen LogP contribution >= 0.6 is 0 Å². The van der Waals surface area contributed by atoms with Crippen LogP contribution in [0.25, 0.3) is 5.69 Å². The Balaban J connectivity index is 1.93. The number of carbonyl (C=O) groups excluding carboxylic acids is 1. The number of rotatable bonds is 4. The fraction of sp³-hybridized carbons (Fsp3) is 0.400. The van der Waals surface area contributed by atoms with E-state index in [4.69, 9.17) is 0 Å². The molecule has 2 atom stereocenters. The van der Waals surface area contributed by atoms with Crippen LogP contribution in [0.3, 0.4) is 0 Å². The largest absolute Gasteiger partial charge is 0.481 e. The Kier molecular flexibility index (Phi) is 5.87. The average Bonchev–Trinajstić information content (AvgIpc) is 2.88. The molecule has 0 unspecified atom stereocenters. The number of carbonyl (C=O) groups is 2. The molecule has 0 spiro atoms. The Hall–Kier alpha value is -3.03. The molecule has 1 fully saturated rings. The minimum atomic E-state index is -0.965. The summed E-state index contributed by atoms with van der Waals surface area (Å²) in [5.41, 5.74) is -0.484. The van der Waals surface area contributed by atoms with Crippen LogP contribution in [0.15, 0.2) is 35.1 Å². The summed E-state index contributed by atoms with van der Waals surface area (Å²) in [6.07, 6.45) is 3.48. The molecule has 1 saturated carbocycles. The highest BCUT2D eigenvalue weighted by molar-refractivity contribution is 5.92. The van der Waals surface area contributed by atoms with Crippen molar-refractivity contribution in [3.63, 3.8) is 0 Å². The first-order valence-electron chi connectivity index (χ1n) is 9.28. The third-order valence-electron chi connectivity index (χ3n) is 5.05. The zero-order valence-electron chi connectivity index (χ0n) is 15.5. The summed E-state index contributed by atoms with van der Waals surface area (Å²) in [6, 6.07) is 6.56. The molecule has 1 amide bonds. The smallest absolute Gasteiger partial charge is 0.308 e. The minimum absolute atomic E-state index is 0.118. The van der Waals surface area contributed by atoms with Gasteiger partial charge in [-0.1, -0.05) is 31.4 Å². The molecular formula is C20H22FN3O4. The molecule has 0 radical (unpaired) electrons. The van der Waals surface area contributed by atoms with Gasteiger partial charge >= 0.3 is 5.97 Å². The normalized spacial score (nSPS) is 19.6. The van der Waals surface area contributed by atoms with Crippen molar-refractivity contribution in [1.82, 2.24) is 15.1 Å². The zero-order chi connectivity index (χ0) is 20.3. The number of carboxylic acid groups (broad SMARTS) is 1. The van der Waals surface area contributed by atoms with E-state index in [2.05, 4.69) is 10.4 Å². The predicted molar refractivity (Wildman–Crippen MR) is 100.0 cm³/mol. The third-order valence-corrected chi connectivity index (χ3v) is 5.05. The number of carboxylic acids is 1. The van der Waals surface area contributed by atoms with Gasteiger partial charge in [0.15, 0.2) is 5.69 Å². The molecule has 1 aliphatic carbocycles. The second-order valence-corrected chi connectivity index (χ2v) is 7.02. The fourth-order valence-corrected chi connectivity index (χ4v) is 3.58. The summed E-state index contributed by atoms with van der Waals surface area (Å²) in [4.78, 5) is 36.6. The quantitative estimate of drug-likeness (QED) is 0.785. The lowest BCUT2D eigenvalue weighted by Crippen LogP contribution is -2.44. The van der Waals surface area contributed by atoms with Crippen molar-refractivity contribution in [2.45, 2.75) is 45.1 Å². The van der Waals surface area contributed by atoms with Crippen LogP contribution in [-0.2, 0) is 4.79 Å². The maximum absolute atomic E-state index is 14.1.